The Hall–Kier alpha value is -1.77. The Kier molecular flexibility index (Phi) is 3.65. The molecule has 2 aromatic rings. The number of rotatable bonds is 4. The summed E-state index contributed by atoms with van der Waals surface area (Å²) < 4.78 is 24.6. The molecule has 0 amide bonds. The van der Waals surface area contributed by atoms with Crippen molar-refractivity contribution in [1.82, 2.24) is 19.7 Å². The number of para-hydroxylation sites is 1. The summed E-state index contributed by atoms with van der Waals surface area (Å²) in [5, 5.41) is 12.5. The Balaban J connectivity index is 2.63. The van der Waals surface area contributed by atoms with Crippen LogP contribution in [0.4, 0.5) is 0 Å². The Bertz CT molecular complexity index is 664. The maximum Gasteiger partial charge on any atom is 0.274 e. The predicted molar refractivity (Wildman–Crippen MR) is 70.1 cm³/mol. The number of aromatic nitrogens is 3. The van der Waals surface area contributed by atoms with Crippen molar-refractivity contribution in [1.29, 1.82) is 0 Å². The summed E-state index contributed by atoms with van der Waals surface area (Å²) >= 11 is 0. The normalized spacial score (nSPS) is 12.0. The van der Waals surface area contributed by atoms with Crippen molar-refractivity contribution in [3.63, 3.8) is 0 Å². The second kappa shape index (κ2) is 5.08. The van der Waals surface area contributed by atoms with Crippen LogP contribution in [0.15, 0.2) is 35.5 Å². The molecule has 1 heterocycles. The molecule has 1 aromatic heterocycles. The second-order valence-corrected chi connectivity index (χ2v) is 5.81. The van der Waals surface area contributed by atoms with Crippen LogP contribution in [0, 0.1) is 0 Å². The number of primary sulfonamides is 1. The lowest BCUT2D eigenvalue weighted by Crippen LogP contribution is -2.20. The van der Waals surface area contributed by atoms with Gasteiger partial charge in [0, 0.05) is 5.69 Å². The minimum atomic E-state index is -3.93. The fraction of sp³-hybridized carbons (Fsp3) is 0.273. The van der Waals surface area contributed by atoms with Gasteiger partial charge in [0.2, 0.25) is 0 Å². The highest BCUT2D eigenvalue weighted by molar-refractivity contribution is 7.89. The zero-order valence-corrected chi connectivity index (χ0v) is 11.5. The number of benzene rings is 1. The Morgan fingerprint density at radius 1 is 1.21 bits per heavy atom. The van der Waals surface area contributed by atoms with Gasteiger partial charge < -0.3 is 4.90 Å². The maximum atomic E-state index is 11.6. The third kappa shape index (κ3) is 2.98. The fourth-order valence-corrected chi connectivity index (χ4v) is 2.33. The number of sulfonamides is 1. The quantitative estimate of drug-likeness (QED) is 0.849. The molecule has 2 rings (SSSR count). The van der Waals surface area contributed by atoms with Gasteiger partial charge in [-0.25, -0.2) is 13.6 Å². The third-order valence-electron chi connectivity index (χ3n) is 2.43. The largest absolute Gasteiger partial charge is 0.302 e. The molecule has 19 heavy (non-hydrogen) atoms. The van der Waals surface area contributed by atoms with Crippen molar-refractivity contribution in [2.24, 2.45) is 5.14 Å². The van der Waals surface area contributed by atoms with Crippen LogP contribution in [0.2, 0.25) is 0 Å². The van der Waals surface area contributed by atoms with Crippen LogP contribution < -0.4 is 5.14 Å². The molecule has 0 spiro atoms. The first-order valence-electron chi connectivity index (χ1n) is 5.57. The summed E-state index contributed by atoms with van der Waals surface area (Å²) in [6.07, 6.45) is 0. The van der Waals surface area contributed by atoms with E-state index in [4.69, 9.17) is 5.14 Å². The van der Waals surface area contributed by atoms with Crippen LogP contribution in [0.1, 0.15) is 5.82 Å². The molecule has 0 bridgehead atoms. The zero-order chi connectivity index (χ0) is 14.0. The summed E-state index contributed by atoms with van der Waals surface area (Å²) in [6.45, 7) is 0.456. The molecule has 0 aliphatic carbocycles. The van der Waals surface area contributed by atoms with Crippen LogP contribution in [0.3, 0.4) is 0 Å². The molecule has 8 heteroatoms. The van der Waals surface area contributed by atoms with Crippen LogP contribution in [-0.2, 0) is 16.6 Å². The van der Waals surface area contributed by atoms with E-state index >= 15 is 0 Å². The smallest absolute Gasteiger partial charge is 0.274 e. The minimum absolute atomic E-state index is 0.254. The molecule has 1 aromatic carbocycles. The summed E-state index contributed by atoms with van der Waals surface area (Å²) in [5.41, 5.74) is 0.661. The van der Waals surface area contributed by atoms with Gasteiger partial charge in [0.25, 0.3) is 15.2 Å². The predicted octanol–water partition coefficient (Wildman–Crippen LogP) is -0.0237. The lowest BCUT2D eigenvalue weighted by molar-refractivity contribution is 0.386. The highest BCUT2D eigenvalue weighted by Gasteiger charge is 2.22. The molecule has 0 unspecified atom stereocenters. The van der Waals surface area contributed by atoms with Crippen molar-refractivity contribution in [2.75, 3.05) is 14.1 Å². The number of hydrogen-bond acceptors (Lipinski definition) is 5. The second-order valence-electron chi connectivity index (χ2n) is 4.35. The lowest BCUT2D eigenvalue weighted by atomic mass is 10.3. The number of nitrogens with two attached hydrogens (primary N) is 1. The molecular weight excluding hydrogens is 266 g/mol. The van der Waals surface area contributed by atoms with Gasteiger partial charge in [-0.1, -0.05) is 18.2 Å². The van der Waals surface area contributed by atoms with Crippen molar-refractivity contribution in [3.8, 4) is 5.69 Å². The average molecular weight is 281 g/mol. The lowest BCUT2D eigenvalue weighted by Gasteiger charge is -2.12. The molecule has 0 saturated carbocycles. The van der Waals surface area contributed by atoms with Gasteiger partial charge in [-0.3, -0.25) is 4.57 Å². The Labute approximate surface area is 111 Å². The number of hydrogen-bond donors (Lipinski definition) is 1. The van der Waals surface area contributed by atoms with E-state index in [9.17, 15) is 8.42 Å². The van der Waals surface area contributed by atoms with Gasteiger partial charge in [-0.05, 0) is 26.2 Å². The van der Waals surface area contributed by atoms with Gasteiger partial charge in [0.05, 0.1) is 6.54 Å². The van der Waals surface area contributed by atoms with E-state index in [-0.39, 0.29) is 5.16 Å². The van der Waals surface area contributed by atoms with E-state index in [1.165, 1.54) is 4.57 Å². The summed E-state index contributed by atoms with van der Waals surface area (Å²) in [5.74, 6) is 0.514. The highest BCUT2D eigenvalue weighted by Crippen LogP contribution is 2.16. The summed E-state index contributed by atoms with van der Waals surface area (Å²) in [4.78, 5) is 1.87. The highest BCUT2D eigenvalue weighted by atomic mass is 32.2. The van der Waals surface area contributed by atoms with E-state index in [1.54, 1.807) is 12.1 Å². The SMILES string of the molecule is CN(C)Cc1nnc(S(N)(=O)=O)n1-c1ccccc1. The molecule has 102 valence electrons. The first-order valence-corrected chi connectivity index (χ1v) is 7.11. The summed E-state index contributed by atoms with van der Waals surface area (Å²) in [6, 6.07) is 9.01. The van der Waals surface area contributed by atoms with E-state index in [1.807, 2.05) is 37.2 Å². The molecule has 0 saturated heterocycles. The molecule has 0 atom stereocenters. The topological polar surface area (TPSA) is 94.1 Å². The van der Waals surface area contributed by atoms with Crippen LogP contribution in [0.25, 0.3) is 5.69 Å². The van der Waals surface area contributed by atoms with Crippen LogP contribution in [0.5, 0.6) is 0 Å². The molecule has 0 fully saturated rings. The van der Waals surface area contributed by atoms with E-state index < -0.39 is 10.0 Å². The average Bonchev–Trinajstić information content (AvgIpc) is 2.72. The van der Waals surface area contributed by atoms with Crippen molar-refractivity contribution >= 4 is 10.0 Å². The molecule has 0 aliphatic rings. The first kappa shape index (κ1) is 13.7. The van der Waals surface area contributed by atoms with Crippen LogP contribution in [-0.4, -0.2) is 42.2 Å². The van der Waals surface area contributed by atoms with Crippen molar-refractivity contribution in [2.45, 2.75) is 11.7 Å². The van der Waals surface area contributed by atoms with Gasteiger partial charge in [0.1, 0.15) is 0 Å². The molecule has 2 N–H and O–H groups in total. The fourth-order valence-electron chi connectivity index (χ4n) is 1.71. The molecule has 0 aliphatic heterocycles. The van der Waals surface area contributed by atoms with Crippen LogP contribution >= 0.6 is 0 Å². The van der Waals surface area contributed by atoms with E-state index in [2.05, 4.69) is 10.2 Å². The van der Waals surface area contributed by atoms with Crippen molar-refractivity contribution in [3.05, 3.63) is 36.2 Å². The zero-order valence-electron chi connectivity index (χ0n) is 10.7. The molecule has 7 nitrogen and oxygen atoms in total. The number of nitrogens with zero attached hydrogens (tertiary/aromatic N) is 4. The Morgan fingerprint density at radius 2 is 1.84 bits per heavy atom. The minimum Gasteiger partial charge on any atom is -0.302 e. The first-order chi connectivity index (χ1) is 8.89. The molecule has 0 radical (unpaired) electrons. The van der Waals surface area contributed by atoms with Gasteiger partial charge in [0.15, 0.2) is 5.82 Å². The van der Waals surface area contributed by atoms with Gasteiger partial charge in [-0.2, -0.15) is 0 Å². The van der Waals surface area contributed by atoms with E-state index in [0.29, 0.717) is 18.1 Å². The van der Waals surface area contributed by atoms with Gasteiger partial charge >= 0.3 is 0 Å². The Morgan fingerprint density at radius 3 is 2.37 bits per heavy atom. The molecular formula is C11H15N5O2S. The summed E-state index contributed by atoms with van der Waals surface area (Å²) in [7, 11) is -0.202. The van der Waals surface area contributed by atoms with E-state index in [0.717, 1.165) is 0 Å². The monoisotopic (exact) mass is 281 g/mol. The van der Waals surface area contributed by atoms with Gasteiger partial charge in [-0.15, -0.1) is 10.2 Å². The standard InChI is InChI=1S/C11H15N5O2S/c1-15(2)8-10-13-14-11(19(12,17)18)16(10)9-6-4-3-5-7-9/h3-7H,8H2,1-2H3,(H2,12,17,18). The third-order valence-corrected chi connectivity index (χ3v) is 3.20. The van der Waals surface area contributed by atoms with Crippen molar-refractivity contribution < 1.29 is 8.42 Å². The maximum absolute atomic E-state index is 11.6.